The first kappa shape index (κ1) is 26.8. The lowest BCUT2D eigenvalue weighted by Crippen LogP contribution is -2.59. The molecule has 1 aliphatic heterocycles. The Balaban J connectivity index is 1.24. The second-order valence-corrected chi connectivity index (χ2v) is 11.6. The number of nitrogens with one attached hydrogen (secondary N) is 1. The van der Waals surface area contributed by atoms with Gasteiger partial charge in [0.1, 0.15) is 17.6 Å². The molecule has 2 aliphatic carbocycles. The van der Waals surface area contributed by atoms with Crippen molar-refractivity contribution >= 4 is 41.1 Å². The van der Waals surface area contributed by atoms with E-state index in [0.717, 1.165) is 38.4 Å². The fourth-order valence-corrected chi connectivity index (χ4v) is 6.67. The number of amides is 1. The van der Waals surface area contributed by atoms with Crippen LogP contribution in [0, 0.1) is 12.8 Å². The minimum absolute atomic E-state index is 0.0331. The number of anilines is 2. The van der Waals surface area contributed by atoms with E-state index in [1.54, 1.807) is 12.3 Å². The first-order valence-corrected chi connectivity index (χ1v) is 14.5. The number of carbonyl (C=O) groups excluding carboxylic acids is 3. The molecule has 1 amide bonds. The van der Waals surface area contributed by atoms with Gasteiger partial charge >= 0.3 is 0 Å². The van der Waals surface area contributed by atoms with Gasteiger partial charge in [-0.15, -0.1) is 0 Å². The zero-order valence-corrected chi connectivity index (χ0v) is 24.3. The van der Waals surface area contributed by atoms with Crippen molar-refractivity contribution in [2.45, 2.75) is 26.3 Å². The highest BCUT2D eigenvalue weighted by atomic mass is 16.2. The smallest absolute Gasteiger partial charge is 0.251 e. The van der Waals surface area contributed by atoms with Crippen LogP contribution >= 0.6 is 0 Å². The molecule has 1 aromatic heterocycles. The van der Waals surface area contributed by atoms with E-state index >= 15 is 0 Å². The topological polar surface area (TPSA) is 95.5 Å². The molecule has 0 saturated heterocycles. The number of nitrogens with zero attached hydrogens (tertiary/aromatic N) is 4. The number of Topliss-reactive ketones (excluding diaryl/α,β-unsaturated/α-hetero) is 2. The normalized spacial score (nSPS) is 19.9. The molecule has 0 radical (unpaired) electrons. The molecule has 1 N–H and O–H groups in total. The van der Waals surface area contributed by atoms with Crippen LogP contribution in [0.4, 0.5) is 11.5 Å². The average Bonchev–Trinajstić information content (AvgIpc) is 3.39. The third-order valence-corrected chi connectivity index (χ3v) is 8.98. The van der Waals surface area contributed by atoms with Crippen molar-refractivity contribution in [2.75, 3.05) is 29.6 Å². The maximum absolute atomic E-state index is 14.2. The number of ketones is 2. The monoisotopic (exact) mass is 569 g/mol. The molecule has 8 heteroatoms. The number of rotatable bonds is 5. The number of aromatic nitrogens is 2. The third-order valence-electron chi connectivity index (χ3n) is 8.98. The third kappa shape index (κ3) is 4.16. The molecule has 4 aromatic rings. The van der Waals surface area contributed by atoms with Gasteiger partial charge in [-0.1, -0.05) is 67.1 Å². The Morgan fingerprint density at radius 3 is 2.56 bits per heavy atom. The fourth-order valence-electron chi connectivity index (χ4n) is 6.67. The summed E-state index contributed by atoms with van der Waals surface area (Å²) in [7, 11) is 0. The molecular weight excluding hydrogens is 538 g/mol. The van der Waals surface area contributed by atoms with Gasteiger partial charge in [-0.2, -0.15) is 0 Å². The number of benzene rings is 3. The second kappa shape index (κ2) is 10.0. The Morgan fingerprint density at radius 1 is 1.00 bits per heavy atom. The van der Waals surface area contributed by atoms with Gasteiger partial charge in [-0.25, -0.2) is 9.97 Å². The maximum Gasteiger partial charge on any atom is 0.251 e. The highest BCUT2D eigenvalue weighted by Gasteiger charge is 2.49. The van der Waals surface area contributed by atoms with Crippen molar-refractivity contribution in [3.05, 3.63) is 106 Å². The summed E-state index contributed by atoms with van der Waals surface area (Å²) < 4.78 is 0. The van der Waals surface area contributed by atoms with Gasteiger partial charge in [0, 0.05) is 30.1 Å². The molecule has 3 aliphatic rings. The van der Waals surface area contributed by atoms with Gasteiger partial charge < -0.3 is 15.1 Å². The Morgan fingerprint density at radius 2 is 1.77 bits per heavy atom. The van der Waals surface area contributed by atoms with Crippen molar-refractivity contribution in [3.8, 4) is 11.1 Å². The Hall–Kier alpha value is -5.11. The summed E-state index contributed by atoms with van der Waals surface area (Å²) in [4.78, 5) is 53.1. The second-order valence-electron chi connectivity index (χ2n) is 11.6. The molecule has 7 rings (SSSR count). The number of hydrogen-bond acceptors (Lipinski definition) is 7. The lowest BCUT2D eigenvalue weighted by molar-refractivity contribution is -0.126. The van der Waals surface area contributed by atoms with E-state index in [9.17, 15) is 14.4 Å². The standard InChI is InChI=1S/C35H31N5O3/c1-21-8-10-23(11-9-21)34(43)37-14-15-39-20-40(33-30(39)18-36-19-38-33)35(3)29-13-12-25-24-6-4-5-7-26(24)31(41)17-27(25)28(29)16-22(2)32(35)42/h4-13,16-19,22H,14-15,20H2,1-3H3,(H,37,43). The zero-order chi connectivity index (χ0) is 29.9. The number of fused-ring (bicyclic) bond motifs is 6. The summed E-state index contributed by atoms with van der Waals surface area (Å²) in [6.45, 7) is 7.17. The van der Waals surface area contributed by atoms with Gasteiger partial charge in [0.2, 0.25) is 0 Å². The van der Waals surface area contributed by atoms with Crippen LogP contribution in [-0.4, -0.2) is 47.2 Å². The van der Waals surface area contributed by atoms with E-state index in [2.05, 4.69) is 20.2 Å². The van der Waals surface area contributed by atoms with Crippen LogP contribution in [0.1, 0.15) is 45.7 Å². The van der Waals surface area contributed by atoms with Crippen molar-refractivity contribution < 1.29 is 14.4 Å². The quantitative estimate of drug-likeness (QED) is 0.394. The number of hydrogen-bond donors (Lipinski definition) is 1. The van der Waals surface area contributed by atoms with E-state index in [1.807, 2.05) is 92.4 Å². The largest absolute Gasteiger partial charge is 0.350 e. The predicted molar refractivity (Wildman–Crippen MR) is 166 cm³/mol. The maximum atomic E-state index is 14.2. The first-order chi connectivity index (χ1) is 20.8. The van der Waals surface area contributed by atoms with Crippen molar-refractivity contribution in [1.29, 1.82) is 0 Å². The summed E-state index contributed by atoms with van der Waals surface area (Å²) >= 11 is 0. The van der Waals surface area contributed by atoms with Crippen LogP contribution in [0.25, 0.3) is 23.3 Å². The Bertz CT molecular complexity index is 1950. The summed E-state index contributed by atoms with van der Waals surface area (Å²) in [6.07, 6.45) is 6.95. The van der Waals surface area contributed by atoms with Crippen LogP contribution in [0.3, 0.4) is 0 Å². The summed E-state index contributed by atoms with van der Waals surface area (Å²) in [5.41, 5.74) is 4.90. The van der Waals surface area contributed by atoms with E-state index in [0.29, 0.717) is 36.7 Å². The molecule has 0 spiro atoms. The lowest BCUT2D eigenvalue weighted by atomic mass is 9.73. The van der Waals surface area contributed by atoms with E-state index in [1.165, 1.54) is 6.33 Å². The van der Waals surface area contributed by atoms with E-state index in [-0.39, 0.29) is 23.4 Å². The van der Waals surface area contributed by atoms with Crippen LogP contribution < -0.4 is 25.6 Å². The van der Waals surface area contributed by atoms with Crippen molar-refractivity contribution in [3.63, 3.8) is 0 Å². The zero-order valence-electron chi connectivity index (χ0n) is 24.3. The number of aryl methyl sites for hydroxylation is 1. The molecule has 0 saturated carbocycles. The minimum Gasteiger partial charge on any atom is -0.350 e. The van der Waals surface area contributed by atoms with Crippen LogP contribution in [0.2, 0.25) is 0 Å². The molecule has 214 valence electrons. The average molecular weight is 570 g/mol. The molecule has 8 nitrogen and oxygen atoms in total. The fraction of sp³-hybridized carbons (Fsp3) is 0.229. The summed E-state index contributed by atoms with van der Waals surface area (Å²) in [5.74, 6) is 0.179. The predicted octanol–water partition coefficient (Wildman–Crippen LogP) is 3.36. The van der Waals surface area contributed by atoms with Gasteiger partial charge in [0.05, 0.1) is 12.9 Å². The molecular formula is C35H31N5O3. The minimum atomic E-state index is -1.05. The molecule has 2 heterocycles. The highest BCUT2D eigenvalue weighted by molar-refractivity contribution is 6.22. The SMILES string of the molecule is Cc1ccc(C(=O)NCCN2CN(C3(C)C(=O)C(C)C=c4c3ccc3c4=CC(=O)c4ccccc4-3)c3ncncc32)cc1. The molecule has 0 fully saturated rings. The molecule has 2 atom stereocenters. The molecule has 3 aromatic carbocycles. The first-order valence-electron chi connectivity index (χ1n) is 14.5. The Labute approximate surface area is 249 Å². The summed E-state index contributed by atoms with van der Waals surface area (Å²) in [5, 5.41) is 4.77. The van der Waals surface area contributed by atoms with E-state index in [4.69, 9.17) is 0 Å². The lowest BCUT2D eigenvalue weighted by Gasteiger charge is -2.42. The van der Waals surface area contributed by atoms with Crippen LogP contribution in [0.5, 0.6) is 0 Å². The van der Waals surface area contributed by atoms with Gasteiger partial charge in [-0.05, 0) is 59.2 Å². The van der Waals surface area contributed by atoms with Crippen molar-refractivity contribution in [1.82, 2.24) is 15.3 Å². The van der Waals surface area contributed by atoms with Crippen molar-refractivity contribution in [2.24, 2.45) is 5.92 Å². The van der Waals surface area contributed by atoms with Crippen LogP contribution in [0.15, 0.2) is 73.2 Å². The Kier molecular flexibility index (Phi) is 6.23. The molecule has 0 bridgehead atoms. The molecule has 43 heavy (non-hydrogen) atoms. The summed E-state index contributed by atoms with van der Waals surface area (Å²) in [6, 6.07) is 19.2. The highest BCUT2D eigenvalue weighted by Crippen LogP contribution is 2.43. The van der Waals surface area contributed by atoms with Gasteiger partial charge in [-0.3, -0.25) is 14.4 Å². The van der Waals surface area contributed by atoms with Crippen LogP contribution in [-0.2, 0) is 10.3 Å². The number of carbonyl (C=O) groups is 3. The molecule has 2 unspecified atom stereocenters. The van der Waals surface area contributed by atoms with Gasteiger partial charge in [0.25, 0.3) is 5.91 Å². The van der Waals surface area contributed by atoms with Gasteiger partial charge in [0.15, 0.2) is 17.4 Å². The van der Waals surface area contributed by atoms with E-state index < -0.39 is 5.54 Å².